The predicted molar refractivity (Wildman–Crippen MR) is 69.8 cm³/mol. The first kappa shape index (κ1) is 10.8. The minimum absolute atomic E-state index is 0.254. The maximum atomic E-state index is 12.0. The number of allylic oxidation sites excluding steroid dienone is 1. The van der Waals surface area contributed by atoms with Crippen LogP contribution in [0.25, 0.3) is 6.08 Å². The Morgan fingerprint density at radius 2 is 2.12 bits per heavy atom. The third kappa shape index (κ3) is 1.65. The molecule has 2 unspecified atom stereocenters. The van der Waals surface area contributed by atoms with Crippen LogP contribution >= 0.6 is 0 Å². The van der Waals surface area contributed by atoms with Gasteiger partial charge in [-0.3, -0.25) is 4.79 Å². The number of hydrogen-bond donors (Lipinski definition) is 0. The smallest absolute Gasteiger partial charge is 0.136 e. The third-order valence-corrected chi connectivity index (χ3v) is 4.23. The van der Waals surface area contributed by atoms with E-state index in [1.165, 1.54) is 16.7 Å². The van der Waals surface area contributed by atoms with Gasteiger partial charge in [-0.05, 0) is 30.4 Å². The summed E-state index contributed by atoms with van der Waals surface area (Å²) in [5.74, 6) is 1.11. The second-order valence-electron chi connectivity index (χ2n) is 5.14. The lowest BCUT2D eigenvalue weighted by Gasteiger charge is -2.21. The van der Waals surface area contributed by atoms with Crippen molar-refractivity contribution < 1.29 is 4.79 Å². The van der Waals surface area contributed by atoms with Gasteiger partial charge >= 0.3 is 0 Å². The summed E-state index contributed by atoms with van der Waals surface area (Å²) in [6, 6.07) is 8.55. The van der Waals surface area contributed by atoms with Crippen LogP contribution in [0.2, 0.25) is 0 Å². The molecule has 2 aliphatic rings. The molecule has 88 valence electrons. The van der Waals surface area contributed by atoms with Crippen molar-refractivity contribution in [2.45, 2.75) is 38.5 Å². The molecule has 2 aliphatic carbocycles. The molecular weight excluding hydrogens is 208 g/mol. The van der Waals surface area contributed by atoms with Crippen LogP contribution in [-0.2, 0) is 4.79 Å². The minimum atomic E-state index is 0.254. The summed E-state index contributed by atoms with van der Waals surface area (Å²) in [5, 5.41) is 0. The van der Waals surface area contributed by atoms with Gasteiger partial charge in [0.1, 0.15) is 5.78 Å². The number of hydrogen-bond acceptors (Lipinski definition) is 1. The highest BCUT2D eigenvalue weighted by Gasteiger charge is 2.37. The molecule has 0 bridgehead atoms. The molecule has 1 aromatic rings. The Labute approximate surface area is 103 Å². The van der Waals surface area contributed by atoms with Gasteiger partial charge in [0.15, 0.2) is 0 Å². The largest absolute Gasteiger partial charge is 0.299 e. The van der Waals surface area contributed by atoms with E-state index in [1.54, 1.807) is 0 Å². The Balaban J connectivity index is 2.03. The highest BCUT2D eigenvalue weighted by molar-refractivity contribution is 5.86. The molecule has 0 radical (unpaired) electrons. The first-order valence-electron chi connectivity index (χ1n) is 6.63. The molecule has 0 amide bonds. The lowest BCUT2D eigenvalue weighted by molar-refractivity contribution is -0.121. The zero-order chi connectivity index (χ0) is 11.8. The fraction of sp³-hybridized carbons (Fsp3) is 0.438. The topological polar surface area (TPSA) is 17.1 Å². The van der Waals surface area contributed by atoms with Crippen LogP contribution in [0.3, 0.4) is 0 Å². The Kier molecular flexibility index (Phi) is 2.62. The second-order valence-corrected chi connectivity index (χ2v) is 5.14. The quantitative estimate of drug-likeness (QED) is 0.746. The van der Waals surface area contributed by atoms with E-state index in [1.807, 2.05) is 0 Å². The van der Waals surface area contributed by atoms with Crippen LogP contribution < -0.4 is 0 Å². The number of carbonyl (C=O) groups is 1. The van der Waals surface area contributed by atoms with Crippen LogP contribution in [0.15, 0.2) is 29.8 Å². The summed E-state index contributed by atoms with van der Waals surface area (Å²) in [5.41, 5.74) is 4.16. The highest BCUT2D eigenvalue weighted by Crippen LogP contribution is 2.46. The van der Waals surface area contributed by atoms with Crippen molar-refractivity contribution in [2.75, 3.05) is 0 Å². The fourth-order valence-corrected chi connectivity index (χ4v) is 3.41. The summed E-state index contributed by atoms with van der Waals surface area (Å²) in [6.07, 6.45) is 6.31. The standard InChI is InChI=1S/C16H18O/c1-2-11-10-12-6-3-4-7-13(12)16(11)14-8-5-9-15(14)17/h3-4,6-7,10,14,16H,2,5,8-9H2,1H3. The van der Waals surface area contributed by atoms with E-state index in [0.717, 1.165) is 25.7 Å². The molecule has 1 nitrogen and oxygen atoms in total. The average Bonchev–Trinajstić information content (AvgIpc) is 2.91. The Hall–Kier alpha value is -1.37. The van der Waals surface area contributed by atoms with E-state index in [2.05, 4.69) is 37.3 Å². The van der Waals surface area contributed by atoms with Crippen molar-refractivity contribution in [2.24, 2.45) is 5.92 Å². The van der Waals surface area contributed by atoms with Crippen molar-refractivity contribution in [3.05, 3.63) is 41.0 Å². The molecule has 1 aromatic carbocycles. The van der Waals surface area contributed by atoms with E-state index >= 15 is 0 Å². The normalized spacial score (nSPS) is 27.1. The van der Waals surface area contributed by atoms with Gasteiger partial charge in [-0.15, -0.1) is 0 Å². The fourth-order valence-electron chi connectivity index (χ4n) is 3.41. The first-order valence-corrected chi connectivity index (χ1v) is 6.63. The van der Waals surface area contributed by atoms with Crippen molar-refractivity contribution in [3.8, 4) is 0 Å². The zero-order valence-corrected chi connectivity index (χ0v) is 10.3. The first-order chi connectivity index (χ1) is 8.31. The van der Waals surface area contributed by atoms with Crippen molar-refractivity contribution in [1.82, 2.24) is 0 Å². The summed E-state index contributed by atoms with van der Waals surface area (Å²) >= 11 is 0. The average molecular weight is 226 g/mol. The Bertz CT molecular complexity index is 484. The van der Waals surface area contributed by atoms with E-state index in [-0.39, 0.29) is 5.92 Å². The van der Waals surface area contributed by atoms with Gasteiger partial charge in [-0.1, -0.05) is 42.8 Å². The molecule has 3 rings (SSSR count). The Morgan fingerprint density at radius 3 is 2.82 bits per heavy atom. The SMILES string of the molecule is CCC1=Cc2ccccc2C1C1CCCC1=O. The van der Waals surface area contributed by atoms with Crippen molar-refractivity contribution >= 4 is 11.9 Å². The van der Waals surface area contributed by atoms with Crippen LogP contribution in [0.1, 0.15) is 49.7 Å². The van der Waals surface area contributed by atoms with Crippen molar-refractivity contribution in [3.63, 3.8) is 0 Å². The number of carbonyl (C=O) groups excluding carboxylic acids is 1. The second kappa shape index (κ2) is 4.14. The predicted octanol–water partition coefficient (Wildman–Crippen LogP) is 3.95. The summed E-state index contributed by atoms with van der Waals surface area (Å²) < 4.78 is 0. The van der Waals surface area contributed by atoms with Gasteiger partial charge in [0.2, 0.25) is 0 Å². The van der Waals surface area contributed by atoms with Crippen LogP contribution in [0.5, 0.6) is 0 Å². The van der Waals surface area contributed by atoms with Crippen LogP contribution in [0.4, 0.5) is 0 Å². The van der Waals surface area contributed by atoms with Gasteiger partial charge in [0.25, 0.3) is 0 Å². The summed E-state index contributed by atoms with van der Waals surface area (Å²) in [7, 11) is 0. The summed E-state index contributed by atoms with van der Waals surface area (Å²) in [6.45, 7) is 2.20. The molecule has 0 heterocycles. The number of benzene rings is 1. The lowest BCUT2D eigenvalue weighted by Crippen LogP contribution is -2.17. The van der Waals surface area contributed by atoms with Crippen LogP contribution in [-0.4, -0.2) is 5.78 Å². The van der Waals surface area contributed by atoms with Gasteiger partial charge < -0.3 is 0 Å². The molecular formula is C16H18O. The number of fused-ring (bicyclic) bond motifs is 1. The molecule has 0 aromatic heterocycles. The maximum absolute atomic E-state index is 12.0. The van der Waals surface area contributed by atoms with E-state index in [0.29, 0.717) is 11.7 Å². The molecule has 1 heteroatoms. The molecule has 0 aliphatic heterocycles. The van der Waals surface area contributed by atoms with Gasteiger partial charge in [0.05, 0.1) is 0 Å². The van der Waals surface area contributed by atoms with Gasteiger partial charge in [-0.2, -0.15) is 0 Å². The monoisotopic (exact) mass is 226 g/mol. The summed E-state index contributed by atoms with van der Waals surface area (Å²) in [4.78, 5) is 12.0. The molecule has 17 heavy (non-hydrogen) atoms. The van der Waals surface area contributed by atoms with E-state index in [4.69, 9.17) is 0 Å². The molecule has 1 fully saturated rings. The molecule has 0 saturated heterocycles. The molecule has 2 atom stereocenters. The van der Waals surface area contributed by atoms with Gasteiger partial charge in [-0.25, -0.2) is 0 Å². The van der Waals surface area contributed by atoms with Crippen molar-refractivity contribution in [1.29, 1.82) is 0 Å². The van der Waals surface area contributed by atoms with Gasteiger partial charge in [0, 0.05) is 18.3 Å². The highest BCUT2D eigenvalue weighted by atomic mass is 16.1. The molecule has 1 saturated carbocycles. The molecule has 0 spiro atoms. The number of rotatable bonds is 2. The Morgan fingerprint density at radius 1 is 1.29 bits per heavy atom. The van der Waals surface area contributed by atoms with E-state index in [9.17, 15) is 4.79 Å². The zero-order valence-electron chi connectivity index (χ0n) is 10.3. The lowest BCUT2D eigenvalue weighted by atomic mass is 9.81. The molecule has 0 N–H and O–H groups in total. The third-order valence-electron chi connectivity index (χ3n) is 4.23. The number of Topliss-reactive ketones (excluding diaryl/α,β-unsaturated/α-hetero) is 1. The minimum Gasteiger partial charge on any atom is -0.299 e. The maximum Gasteiger partial charge on any atom is 0.136 e. The van der Waals surface area contributed by atoms with E-state index < -0.39 is 0 Å². The van der Waals surface area contributed by atoms with Crippen LogP contribution in [0, 0.1) is 5.92 Å². The number of ketones is 1.